The maximum atomic E-state index is 11.7. The third-order valence-corrected chi connectivity index (χ3v) is 4.14. The molecule has 1 aromatic rings. The first kappa shape index (κ1) is 15.5. The summed E-state index contributed by atoms with van der Waals surface area (Å²) in [5, 5.41) is 0. The summed E-state index contributed by atoms with van der Waals surface area (Å²) in [6.45, 7) is 5.71. The number of benzene rings is 1. The lowest BCUT2D eigenvalue weighted by Crippen LogP contribution is -2.25. The van der Waals surface area contributed by atoms with Crippen LogP contribution in [0.1, 0.15) is 26.3 Å². The summed E-state index contributed by atoms with van der Waals surface area (Å²) in [5.74, 6) is 0.803. The van der Waals surface area contributed by atoms with Crippen LogP contribution < -0.4 is 4.74 Å². The van der Waals surface area contributed by atoms with Crippen LogP contribution in [0.4, 0.5) is 0 Å². The van der Waals surface area contributed by atoms with Crippen LogP contribution in [0.25, 0.3) is 0 Å². The van der Waals surface area contributed by atoms with Crippen molar-refractivity contribution in [3.63, 3.8) is 0 Å². The number of hydrogen-bond acceptors (Lipinski definition) is 3. The van der Waals surface area contributed by atoms with E-state index in [4.69, 9.17) is 4.74 Å². The van der Waals surface area contributed by atoms with Crippen LogP contribution in [0, 0.1) is 0 Å². The third kappa shape index (κ3) is 4.63. The van der Waals surface area contributed by atoms with E-state index in [-0.39, 0.29) is 4.75 Å². The molecule has 18 heavy (non-hydrogen) atoms. The Bertz CT molecular complexity index is 429. The zero-order chi connectivity index (χ0) is 13.8. The molecule has 0 amide bonds. The molecule has 0 aliphatic carbocycles. The van der Waals surface area contributed by atoms with Crippen molar-refractivity contribution in [1.82, 2.24) is 0 Å². The van der Waals surface area contributed by atoms with Gasteiger partial charge in [-0.05, 0) is 38.5 Å². The summed E-state index contributed by atoms with van der Waals surface area (Å²) in [7, 11) is 1.63. The van der Waals surface area contributed by atoms with Gasteiger partial charge in [-0.2, -0.15) is 0 Å². The number of nitrogens with zero attached hydrogens (tertiary/aromatic N) is 1. The molecule has 0 saturated heterocycles. The van der Waals surface area contributed by atoms with Crippen LogP contribution in [0.15, 0.2) is 27.1 Å². The third-order valence-electron chi connectivity index (χ3n) is 2.25. The maximum absolute atomic E-state index is 11.7. The van der Waals surface area contributed by atoms with Crippen molar-refractivity contribution >= 4 is 33.5 Å². The fraction of sp³-hybridized carbons (Fsp3) is 0.462. The lowest BCUT2D eigenvalue weighted by atomic mass is 10.1. The quantitative estimate of drug-likeness (QED) is 0.625. The van der Waals surface area contributed by atoms with Crippen molar-refractivity contribution in [2.45, 2.75) is 31.9 Å². The van der Waals surface area contributed by atoms with E-state index in [1.807, 2.05) is 39.0 Å². The summed E-state index contributed by atoms with van der Waals surface area (Å²) in [4.78, 5) is 0. The van der Waals surface area contributed by atoms with Crippen molar-refractivity contribution in [2.24, 2.45) is 4.40 Å². The first-order valence-corrected chi connectivity index (χ1v) is 7.51. The van der Waals surface area contributed by atoms with Crippen molar-refractivity contribution in [3.05, 3.63) is 28.2 Å². The van der Waals surface area contributed by atoms with Gasteiger partial charge >= 0.3 is 0 Å². The lowest BCUT2D eigenvalue weighted by molar-refractivity contribution is 0.411. The van der Waals surface area contributed by atoms with Gasteiger partial charge in [-0.1, -0.05) is 26.4 Å². The van der Waals surface area contributed by atoms with Crippen LogP contribution >= 0.6 is 15.9 Å². The summed E-state index contributed by atoms with van der Waals surface area (Å²) < 4.78 is 21.7. The van der Waals surface area contributed by atoms with Crippen LogP contribution in [0.5, 0.6) is 5.75 Å². The molecule has 0 bridgehead atoms. The molecule has 0 aliphatic heterocycles. The second-order valence-electron chi connectivity index (χ2n) is 4.81. The Hall–Kier alpha value is -0.520. The minimum Gasteiger partial charge on any atom is -0.591 e. The predicted octanol–water partition coefficient (Wildman–Crippen LogP) is 3.53. The Labute approximate surface area is 120 Å². The molecule has 0 radical (unpaired) electrons. The fourth-order valence-corrected chi connectivity index (χ4v) is 2.11. The van der Waals surface area contributed by atoms with Crippen LogP contribution in [0.2, 0.25) is 0 Å². The Balaban J connectivity index is 2.72. The zero-order valence-electron chi connectivity index (χ0n) is 11.1. The second-order valence-corrected chi connectivity index (χ2v) is 7.66. The molecule has 0 fully saturated rings. The van der Waals surface area contributed by atoms with E-state index in [9.17, 15) is 4.55 Å². The average Bonchev–Trinajstić information content (AvgIpc) is 2.29. The first-order chi connectivity index (χ1) is 8.34. The molecule has 1 aromatic carbocycles. The van der Waals surface area contributed by atoms with E-state index in [2.05, 4.69) is 20.3 Å². The van der Waals surface area contributed by atoms with Gasteiger partial charge < -0.3 is 9.29 Å². The van der Waals surface area contributed by atoms with Gasteiger partial charge in [0.15, 0.2) is 0 Å². The SMILES string of the molecule is COc1cc(Br)ccc1C/C=N/[S@+]([O-])C(C)(C)C. The Morgan fingerprint density at radius 2 is 2.11 bits per heavy atom. The largest absolute Gasteiger partial charge is 0.591 e. The van der Waals surface area contributed by atoms with E-state index in [1.165, 1.54) is 0 Å². The fourth-order valence-electron chi connectivity index (χ4n) is 1.25. The van der Waals surface area contributed by atoms with Crippen molar-refractivity contribution in [3.8, 4) is 5.75 Å². The molecule has 0 unspecified atom stereocenters. The van der Waals surface area contributed by atoms with Crippen molar-refractivity contribution in [1.29, 1.82) is 0 Å². The number of methoxy groups -OCH3 is 1. The van der Waals surface area contributed by atoms with Gasteiger partial charge in [0.05, 0.1) is 13.3 Å². The Morgan fingerprint density at radius 3 is 2.67 bits per heavy atom. The molecule has 100 valence electrons. The average molecular weight is 332 g/mol. The molecule has 1 rings (SSSR count). The number of halogens is 1. The van der Waals surface area contributed by atoms with E-state index < -0.39 is 11.4 Å². The van der Waals surface area contributed by atoms with E-state index in [1.54, 1.807) is 13.3 Å². The molecule has 0 spiro atoms. The second kappa shape index (κ2) is 6.59. The zero-order valence-corrected chi connectivity index (χ0v) is 13.5. The number of rotatable bonds is 4. The summed E-state index contributed by atoms with van der Waals surface area (Å²) in [5.41, 5.74) is 1.02. The molecular formula is C13H18BrNO2S. The van der Waals surface area contributed by atoms with Crippen molar-refractivity contribution < 1.29 is 9.29 Å². The lowest BCUT2D eigenvalue weighted by Gasteiger charge is -2.17. The first-order valence-electron chi connectivity index (χ1n) is 5.61. The highest BCUT2D eigenvalue weighted by Crippen LogP contribution is 2.23. The summed E-state index contributed by atoms with van der Waals surface area (Å²) >= 11 is 2.19. The standard InChI is InChI=1S/C13H18BrNO2S/c1-13(2,3)18(16)15-8-7-10-5-6-11(14)9-12(10)17-4/h5-6,8-9H,7H2,1-4H3/b15-8+/t18-/m1/s1. The van der Waals surface area contributed by atoms with Crippen molar-refractivity contribution in [2.75, 3.05) is 7.11 Å². The summed E-state index contributed by atoms with van der Waals surface area (Å²) in [6, 6.07) is 5.82. The topological polar surface area (TPSA) is 44.6 Å². The van der Waals surface area contributed by atoms with Crippen LogP contribution in [-0.2, 0) is 17.8 Å². The normalized spacial score (nSPS) is 13.9. The molecule has 0 aromatic heterocycles. The molecule has 0 saturated carbocycles. The molecule has 0 heterocycles. The van der Waals surface area contributed by atoms with Gasteiger partial charge in [-0.25, -0.2) is 0 Å². The monoisotopic (exact) mass is 331 g/mol. The van der Waals surface area contributed by atoms with E-state index >= 15 is 0 Å². The van der Waals surface area contributed by atoms with Gasteiger partial charge in [-0.15, -0.1) is 0 Å². The Kier molecular flexibility index (Phi) is 5.69. The van der Waals surface area contributed by atoms with Gasteiger partial charge in [0.25, 0.3) is 0 Å². The molecule has 5 heteroatoms. The van der Waals surface area contributed by atoms with Crippen LogP contribution in [0.3, 0.4) is 0 Å². The molecule has 3 nitrogen and oxygen atoms in total. The highest BCUT2D eigenvalue weighted by molar-refractivity contribution is 9.10. The smallest absolute Gasteiger partial charge is 0.144 e. The molecule has 0 aliphatic rings. The maximum Gasteiger partial charge on any atom is 0.144 e. The van der Waals surface area contributed by atoms with Gasteiger partial charge in [0, 0.05) is 10.9 Å². The number of hydrogen-bond donors (Lipinski definition) is 0. The van der Waals surface area contributed by atoms with Crippen LogP contribution in [-0.4, -0.2) is 22.6 Å². The van der Waals surface area contributed by atoms with E-state index in [0.717, 1.165) is 15.8 Å². The highest BCUT2D eigenvalue weighted by Gasteiger charge is 2.25. The van der Waals surface area contributed by atoms with Gasteiger partial charge in [0.2, 0.25) is 0 Å². The minimum absolute atomic E-state index is 0.319. The molecular weight excluding hydrogens is 314 g/mol. The number of ether oxygens (including phenoxy) is 1. The summed E-state index contributed by atoms with van der Waals surface area (Å²) in [6.07, 6.45) is 2.30. The van der Waals surface area contributed by atoms with E-state index in [0.29, 0.717) is 6.42 Å². The Morgan fingerprint density at radius 1 is 1.44 bits per heavy atom. The molecule has 0 N–H and O–H groups in total. The highest BCUT2D eigenvalue weighted by atomic mass is 79.9. The van der Waals surface area contributed by atoms with Gasteiger partial charge in [0.1, 0.15) is 21.9 Å². The minimum atomic E-state index is -1.20. The predicted molar refractivity (Wildman–Crippen MR) is 80.8 cm³/mol. The molecule has 1 atom stereocenters. The van der Waals surface area contributed by atoms with Gasteiger partial charge in [-0.3, -0.25) is 0 Å².